The van der Waals surface area contributed by atoms with Crippen LogP contribution in [0.25, 0.3) is 0 Å². The van der Waals surface area contributed by atoms with E-state index in [0.717, 1.165) is 17.3 Å². The summed E-state index contributed by atoms with van der Waals surface area (Å²) >= 11 is 6.26. The van der Waals surface area contributed by atoms with Gasteiger partial charge in [-0.05, 0) is 29.8 Å². The highest BCUT2D eigenvalue weighted by Gasteiger charge is 2.30. The van der Waals surface area contributed by atoms with Gasteiger partial charge in [0.15, 0.2) is 0 Å². The topological polar surface area (TPSA) is 34.1 Å². The third-order valence-electron chi connectivity index (χ3n) is 3.26. The number of sulfone groups is 1. The van der Waals surface area contributed by atoms with E-state index in [9.17, 15) is 8.42 Å². The first-order valence-electron chi connectivity index (χ1n) is 5.84. The molecule has 0 N–H and O–H groups in total. The Bertz CT molecular complexity index is 292. The molecule has 0 atom stereocenters. The lowest BCUT2D eigenvalue weighted by molar-refractivity contribution is 0.259. The van der Waals surface area contributed by atoms with Gasteiger partial charge in [0.2, 0.25) is 0 Å². The van der Waals surface area contributed by atoms with Gasteiger partial charge in [0.05, 0.1) is 5.75 Å². The fraction of sp³-hybridized carbons (Fsp3) is 1.00. The van der Waals surface area contributed by atoms with Crippen LogP contribution >= 0.6 is 24.4 Å². The van der Waals surface area contributed by atoms with Crippen LogP contribution in [0.15, 0.2) is 0 Å². The van der Waals surface area contributed by atoms with E-state index in [4.69, 9.17) is 0 Å². The predicted molar refractivity (Wildman–Crippen MR) is 76.4 cm³/mol. The van der Waals surface area contributed by atoms with E-state index in [1.807, 2.05) is 0 Å². The van der Waals surface area contributed by atoms with Gasteiger partial charge >= 0.3 is 0 Å². The molecule has 0 aromatic heterocycles. The van der Waals surface area contributed by atoms with Crippen LogP contribution in [0.1, 0.15) is 32.1 Å². The van der Waals surface area contributed by atoms with Gasteiger partial charge in [-0.2, -0.15) is 24.4 Å². The van der Waals surface area contributed by atoms with Gasteiger partial charge in [-0.1, -0.05) is 19.3 Å². The Morgan fingerprint density at radius 2 is 1.88 bits per heavy atom. The smallest absolute Gasteiger partial charge is 0.148 e. The number of thioether (sulfide) groups is 1. The zero-order valence-electron chi connectivity index (χ0n) is 9.94. The molecule has 0 saturated heterocycles. The first-order chi connectivity index (χ1) is 7.47. The first-order valence-corrected chi connectivity index (χ1v) is 9.69. The molecule has 2 nitrogen and oxygen atoms in total. The van der Waals surface area contributed by atoms with Crippen molar-refractivity contribution in [1.82, 2.24) is 0 Å². The quantitative estimate of drug-likeness (QED) is 0.601. The van der Waals surface area contributed by atoms with Gasteiger partial charge in [0, 0.05) is 12.0 Å². The third kappa shape index (κ3) is 5.32. The summed E-state index contributed by atoms with van der Waals surface area (Å²) in [6.45, 7) is 0. The van der Waals surface area contributed by atoms with Crippen molar-refractivity contribution in [3.63, 3.8) is 0 Å². The summed E-state index contributed by atoms with van der Waals surface area (Å²) in [5.74, 6) is 3.06. The van der Waals surface area contributed by atoms with Crippen LogP contribution in [-0.2, 0) is 9.84 Å². The van der Waals surface area contributed by atoms with E-state index < -0.39 is 9.84 Å². The van der Waals surface area contributed by atoms with Crippen molar-refractivity contribution < 1.29 is 8.42 Å². The molecule has 1 rings (SSSR count). The van der Waals surface area contributed by atoms with E-state index in [1.54, 1.807) is 11.8 Å². The molecule has 0 spiro atoms. The predicted octanol–water partition coefficient (Wildman–Crippen LogP) is 2.64. The lowest BCUT2D eigenvalue weighted by atomic mass is 9.77. The average Bonchev–Trinajstić information content (AvgIpc) is 2.25. The van der Waals surface area contributed by atoms with E-state index in [2.05, 4.69) is 12.6 Å². The Kier molecular flexibility index (Phi) is 6.02. The summed E-state index contributed by atoms with van der Waals surface area (Å²) in [7, 11) is -2.79. The molecule has 0 bridgehead atoms. The monoisotopic (exact) mass is 282 g/mol. The number of thiol groups is 1. The lowest BCUT2D eigenvalue weighted by Gasteiger charge is -2.35. The van der Waals surface area contributed by atoms with E-state index >= 15 is 0 Å². The highest BCUT2D eigenvalue weighted by atomic mass is 32.2. The van der Waals surface area contributed by atoms with Crippen molar-refractivity contribution in [2.24, 2.45) is 5.41 Å². The van der Waals surface area contributed by atoms with Crippen LogP contribution < -0.4 is 0 Å². The van der Waals surface area contributed by atoms with Crippen molar-refractivity contribution in [1.29, 1.82) is 0 Å². The Morgan fingerprint density at radius 1 is 1.25 bits per heavy atom. The normalized spacial score (nSPS) is 20.9. The minimum absolute atomic E-state index is 0.306. The SMILES string of the molecule is CS(=O)(=O)CCSCC1(CS)CCCCC1. The molecule has 0 aliphatic heterocycles. The Balaban J connectivity index is 2.28. The Morgan fingerprint density at radius 3 is 2.38 bits per heavy atom. The molecular formula is C11H22O2S3. The molecule has 1 saturated carbocycles. The number of rotatable bonds is 6. The van der Waals surface area contributed by atoms with Crippen molar-refractivity contribution in [2.45, 2.75) is 32.1 Å². The lowest BCUT2D eigenvalue weighted by Crippen LogP contribution is -2.29. The Labute approximate surface area is 109 Å². The molecule has 1 aliphatic rings. The van der Waals surface area contributed by atoms with Crippen LogP contribution in [0.2, 0.25) is 0 Å². The molecule has 0 aromatic rings. The summed E-state index contributed by atoms with van der Waals surface area (Å²) in [5, 5.41) is 0. The molecule has 16 heavy (non-hydrogen) atoms. The number of hydrogen-bond donors (Lipinski definition) is 1. The maximum absolute atomic E-state index is 11.0. The fourth-order valence-corrected chi connectivity index (χ4v) is 5.38. The van der Waals surface area contributed by atoms with Crippen molar-refractivity contribution >= 4 is 34.2 Å². The summed E-state index contributed by atoms with van der Waals surface area (Å²) in [6, 6.07) is 0. The van der Waals surface area contributed by atoms with Crippen LogP contribution in [0, 0.1) is 5.41 Å². The summed E-state index contributed by atoms with van der Waals surface area (Å²) in [4.78, 5) is 0. The van der Waals surface area contributed by atoms with Gasteiger partial charge in [0.1, 0.15) is 9.84 Å². The highest BCUT2D eigenvalue weighted by Crippen LogP contribution is 2.39. The molecule has 1 aliphatic carbocycles. The summed E-state index contributed by atoms with van der Waals surface area (Å²) in [5.41, 5.74) is 0.379. The second-order valence-electron chi connectivity index (χ2n) is 4.90. The zero-order valence-corrected chi connectivity index (χ0v) is 12.5. The summed E-state index contributed by atoms with van der Waals surface area (Å²) in [6.07, 6.45) is 7.82. The molecule has 1 fully saturated rings. The highest BCUT2D eigenvalue weighted by molar-refractivity contribution is 8.00. The van der Waals surface area contributed by atoms with Crippen LogP contribution in [0.4, 0.5) is 0 Å². The van der Waals surface area contributed by atoms with Gasteiger partial charge in [-0.15, -0.1) is 0 Å². The molecule has 0 amide bonds. The van der Waals surface area contributed by atoms with Gasteiger partial charge in [-0.25, -0.2) is 8.42 Å². The van der Waals surface area contributed by atoms with Crippen LogP contribution in [-0.4, -0.2) is 37.7 Å². The molecule has 0 radical (unpaired) electrons. The molecule has 0 heterocycles. The molecule has 96 valence electrons. The van der Waals surface area contributed by atoms with E-state index in [1.165, 1.54) is 38.4 Å². The maximum Gasteiger partial charge on any atom is 0.148 e. The minimum atomic E-state index is -2.79. The van der Waals surface area contributed by atoms with Gasteiger partial charge < -0.3 is 0 Å². The van der Waals surface area contributed by atoms with Crippen molar-refractivity contribution in [3.05, 3.63) is 0 Å². The van der Waals surface area contributed by atoms with Gasteiger partial charge in [-0.3, -0.25) is 0 Å². The molecular weight excluding hydrogens is 260 g/mol. The molecule has 0 aromatic carbocycles. The van der Waals surface area contributed by atoms with Crippen LogP contribution in [0.3, 0.4) is 0 Å². The average molecular weight is 282 g/mol. The molecule has 5 heteroatoms. The Hall–Kier alpha value is 0.650. The second kappa shape index (κ2) is 6.55. The van der Waals surface area contributed by atoms with Crippen LogP contribution in [0.5, 0.6) is 0 Å². The fourth-order valence-electron chi connectivity index (χ4n) is 2.15. The first kappa shape index (κ1) is 14.7. The zero-order chi connectivity index (χ0) is 12.1. The van der Waals surface area contributed by atoms with E-state index in [-0.39, 0.29) is 0 Å². The van der Waals surface area contributed by atoms with Gasteiger partial charge in [0.25, 0.3) is 0 Å². The van der Waals surface area contributed by atoms with Crippen molar-refractivity contribution in [2.75, 3.05) is 29.3 Å². The largest absolute Gasteiger partial charge is 0.229 e. The second-order valence-corrected chi connectivity index (χ2v) is 8.58. The summed E-state index contributed by atoms with van der Waals surface area (Å²) < 4.78 is 22.0. The van der Waals surface area contributed by atoms with E-state index in [0.29, 0.717) is 11.2 Å². The maximum atomic E-state index is 11.0. The number of hydrogen-bond acceptors (Lipinski definition) is 4. The van der Waals surface area contributed by atoms with Crippen molar-refractivity contribution in [3.8, 4) is 0 Å². The molecule has 0 unspecified atom stereocenters. The standard InChI is InChI=1S/C11H22O2S3/c1-16(12,13)8-7-15-10-11(9-14)5-3-2-4-6-11/h14H,2-10H2,1H3. The minimum Gasteiger partial charge on any atom is -0.229 e. The third-order valence-corrected chi connectivity index (χ3v) is 6.44.